The first kappa shape index (κ1) is 15.0. The highest BCUT2D eigenvalue weighted by Gasteiger charge is 2.32. The first-order chi connectivity index (χ1) is 10.9. The van der Waals surface area contributed by atoms with Crippen LogP contribution in [0.5, 0.6) is 0 Å². The molecule has 3 rings (SSSR count). The van der Waals surface area contributed by atoms with Crippen LogP contribution in [0.1, 0.15) is 28.5 Å². The van der Waals surface area contributed by atoms with Gasteiger partial charge in [0.05, 0.1) is 4.92 Å². The average molecular weight is 313 g/mol. The number of rotatable bonds is 2. The second-order valence-electron chi connectivity index (χ2n) is 5.71. The van der Waals surface area contributed by atoms with Crippen molar-refractivity contribution in [3.05, 3.63) is 67.6 Å². The summed E-state index contributed by atoms with van der Waals surface area (Å²) in [5.74, 6) is -0.278. The highest BCUT2D eigenvalue weighted by molar-refractivity contribution is 6.07. The molecule has 7 heteroatoms. The summed E-state index contributed by atoms with van der Waals surface area (Å²) in [7, 11) is 0. The maximum Gasteiger partial charge on any atom is 0.269 e. The molecule has 1 atom stereocenters. The fourth-order valence-corrected chi connectivity index (χ4v) is 2.99. The van der Waals surface area contributed by atoms with Crippen LogP contribution in [0.15, 0.2) is 35.1 Å². The lowest BCUT2D eigenvalue weighted by molar-refractivity contribution is -0.384. The number of aryl methyl sites for hydroxylation is 1. The summed E-state index contributed by atoms with van der Waals surface area (Å²) in [4.78, 5) is 39.0. The maximum absolute atomic E-state index is 12.8. The number of carbonyl (C=O) groups is 1. The number of aromatic nitrogens is 1. The number of amides is 1. The van der Waals surface area contributed by atoms with Crippen molar-refractivity contribution < 1.29 is 9.72 Å². The van der Waals surface area contributed by atoms with E-state index in [0.717, 1.165) is 5.56 Å². The van der Waals surface area contributed by atoms with Crippen molar-refractivity contribution in [3.8, 4) is 0 Å². The van der Waals surface area contributed by atoms with E-state index < -0.39 is 4.92 Å². The van der Waals surface area contributed by atoms with E-state index >= 15 is 0 Å². The first-order valence-electron chi connectivity index (χ1n) is 7.18. The summed E-state index contributed by atoms with van der Waals surface area (Å²) in [6, 6.07) is 7.25. The Balaban J connectivity index is 2.03. The molecule has 23 heavy (non-hydrogen) atoms. The minimum atomic E-state index is -0.449. The summed E-state index contributed by atoms with van der Waals surface area (Å²) in [6.07, 6.45) is 0.547. The number of anilines is 1. The molecule has 1 unspecified atom stereocenters. The summed E-state index contributed by atoms with van der Waals surface area (Å²) in [5.41, 5.74) is 2.02. The molecule has 0 saturated heterocycles. The Morgan fingerprint density at radius 3 is 2.74 bits per heavy atom. The number of benzene rings is 1. The van der Waals surface area contributed by atoms with Gasteiger partial charge in [-0.2, -0.15) is 0 Å². The molecule has 0 radical (unpaired) electrons. The lowest BCUT2D eigenvalue weighted by atomic mass is 10.1. The van der Waals surface area contributed by atoms with Crippen LogP contribution < -0.4 is 10.5 Å². The molecule has 7 nitrogen and oxygen atoms in total. The molecular weight excluding hydrogens is 298 g/mol. The molecule has 1 aliphatic heterocycles. The fourth-order valence-electron chi connectivity index (χ4n) is 2.99. The molecule has 2 aromatic rings. The number of pyridine rings is 1. The standard InChI is InChI=1S/C16H15N3O4/c1-9-5-12(8-15(20)17-9)16(21)18-10(2)6-11-7-13(19(22)23)3-4-14(11)18/h3-5,7-8,10H,6H2,1-2H3,(H,17,20). The molecule has 1 aromatic carbocycles. The molecule has 0 fully saturated rings. The van der Waals surface area contributed by atoms with Gasteiger partial charge in [0.15, 0.2) is 0 Å². The van der Waals surface area contributed by atoms with Crippen LogP contribution in [-0.2, 0) is 6.42 Å². The van der Waals surface area contributed by atoms with Crippen LogP contribution in [0.25, 0.3) is 0 Å². The van der Waals surface area contributed by atoms with Gasteiger partial charge in [-0.15, -0.1) is 0 Å². The topological polar surface area (TPSA) is 96.3 Å². The Labute approximate surface area is 131 Å². The van der Waals surface area contributed by atoms with Crippen LogP contribution >= 0.6 is 0 Å². The van der Waals surface area contributed by atoms with Crippen molar-refractivity contribution in [2.24, 2.45) is 0 Å². The third-order valence-corrected chi connectivity index (χ3v) is 3.93. The maximum atomic E-state index is 12.8. The number of hydrogen-bond acceptors (Lipinski definition) is 4. The van der Waals surface area contributed by atoms with E-state index in [1.807, 2.05) is 6.92 Å². The van der Waals surface area contributed by atoms with Crippen molar-refractivity contribution in [2.45, 2.75) is 26.3 Å². The molecule has 0 bridgehead atoms. The molecule has 0 spiro atoms. The fraction of sp³-hybridized carbons (Fsp3) is 0.250. The van der Waals surface area contributed by atoms with Crippen molar-refractivity contribution in [1.82, 2.24) is 4.98 Å². The van der Waals surface area contributed by atoms with Crippen LogP contribution in [-0.4, -0.2) is 21.9 Å². The SMILES string of the molecule is Cc1cc(C(=O)N2c3ccc([N+](=O)[O-])cc3CC2C)cc(=O)[nH]1. The number of aromatic amines is 1. The number of fused-ring (bicyclic) bond motifs is 1. The predicted molar refractivity (Wildman–Crippen MR) is 84.9 cm³/mol. The first-order valence-corrected chi connectivity index (χ1v) is 7.18. The number of hydrogen-bond donors (Lipinski definition) is 1. The zero-order valence-electron chi connectivity index (χ0n) is 12.7. The Hall–Kier alpha value is -2.96. The van der Waals surface area contributed by atoms with Crippen LogP contribution in [0.2, 0.25) is 0 Å². The predicted octanol–water partition coefficient (Wildman–Crippen LogP) is 2.18. The zero-order valence-corrected chi connectivity index (χ0v) is 12.7. The molecule has 1 aliphatic rings. The highest BCUT2D eigenvalue weighted by Crippen LogP contribution is 2.35. The van der Waals surface area contributed by atoms with Gasteiger partial charge in [0.1, 0.15) is 0 Å². The Bertz CT molecular complexity index is 872. The van der Waals surface area contributed by atoms with Gasteiger partial charge in [0, 0.05) is 41.2 Å². The van der Waals surface area contributed by atoms with E-state index in [9.17, 15) is 19.7 Å². The molecule has 0 aliphatic carbocycles. The third-order valence-electron chi connectivity index (χ3n) is 3.93. The number of H-pyrrole nitrogens is 1. The van der Waals surface area contributed by atoms with Gasteiger partial charge in [-0.1, -0.05) is 0 Å². The number of nitrogens with zero attached hydrogens (tertiary/aromatic N) is 2. The van der Waals surface area contributed by atoms with E-state index in [-0.39, 0.29) is 23.2 Å². The molecule has 1 amide bonds. The van der Waals surface area contributed by atoms with E-state index in [0.29, 0.717) is 23.4 Å². The average Bonchev–Trinajstić information content (AvgIpc) is 2.80. The second-order valence-corrected chi connectivity index (χ2v) is 5.71. The van der Waals surface area contributed by atoms with Gasteiger partial charge in [-0.05, 0) is 38.0 Å². The largest absolute Gasteiger partial charge is 0.326 e. The Morgan fingerprint density at radius 1 is 1.35 bits per heavy atom. The van der Waals surface area contributed by atoms with Gasteiger partial charge >= 0.3 is 0 Å². The van der Waals surface area contributed by atoms with Crippen LogP contribution in [0.4, 0.5) is 11.4 Å². The van der Waals surface area contributed by atoms with Crippen molar-refractivity contribution >= 4 is 17.3 Å². The van der Waals surface area contributed by atoms with Crippen LogP contribution in [0.3, 0.4) is 0 Å². The smallest absolute Gasteiger partial charge is 0.269 e. The third kappa shape index (κ3) is 2.61. The van der Waals surface area contributed by atoms with Gasteiger partial charge in [-0.25, -0.2) is 0 Å². The van der Waals surface area contributed by atoms with E-state index in [4.69, 9.17) is 0 Å². The molecule has 118 valence electrons. The number of nitro groups is 1. The van der Waals surface area contributed by atoms with Crippen molar-refractivity contribution in [1.29, 1.82) is 0 Å². The molecule has 0 saturated carbocycles. The molecule has 1 N–H and O–H groups in total. The zero-order chi connectivity index (χ0) is 16.7. The van der Waals surface area contributed by atoms with E-state index in [1.54, 1.807) is 24.0 Å². The van der Waals surface area contributed by atoms with Crippen LogP contribution in [0, 0.1) is 17.0 Å². The minimum absolute atomic E-state index is 0.0113. The van der Waals surface area contributed by atoms with E-state index in [1.165, 1.54) is 18.2 Å². The van der Waals surface area contributed by atoms with Gasteiger partial charge < -0.3 is 9.88 Å². The summed E-state index contributed by atoms with van der Waals surface area (Å²) in [6.45, 7) is 3.59. The normalized spacial score (nSPS) is 16.3. The van der Waals surface area contributed by atoms with Crippen molar-refractivity contribution in [2.75, 3.05) is 4.90 Å². The monoisotopic (exact) mass is 313 g/mol. The molecular formula is C16H15N3O4. The van der Waals surface area contributed by atoms with Crippen molar-refractivity contribution in [3.63, 3.8) is 0 Å². The summed E-state index contributed by atoms with van der Waals surface area (Å²) < 4.78 is 0. The second kappa shape index (κ2) is 5.35. The van der Waals surface area contributed by atoms with Gasteiger partial charge in [-0.3, -0.25) is 19.7 Å². The van der Waals surface area contributed by atoms with Gasteiger partial charge in [0.25, 0.3) is 11.6 Å². The number of carbonyl (C=O) groups excluding carboxylic acids is 1. The summed E-state index contributed by atoms with van der Waals surface area (Å²) >= 11 is 0. The Kier molecular flexibility index (Phi) is 3.48. The Morgan fingerprint density at radius 2 is 2.09 bits per heavy atom. The van der Waals surface area contributed by atoms with Gasteiger partial charge in [0.2, 0.25) is 5.56 Å². The number of nitrogens with one attached hydrogen (secondary N) is 1. The minimum Gasteiger partial charge on any atom is -0.326 e. The molecule has 1 aromatic heterocycles. The number of nitro benzene ring substituents is 1. The lowest BCUT2D eigenvalue weighted by Crippen LogP contribution is -2.36. The van der Waals surface area contributed by atoms with E-state index in [2.05, 4.69) is 4.98 Å². The quantitative estimate of drug-likeness (QED) is 0.679. The molecule has 2 heterocycles. The lowest BCUT2D eigenvalue weighted by Gasteiger charge is -2.22. The highest BCUT2D eigenvalue weighted by atomic mass is 16.6. The summed E-state index contributed by atoms with van der Waals surface area (Å²) in [5, 5.41) is 10.9. The number of non-ortho nitro benzene ring substituents is 1.